The summed E-state index contributed by atoms with van der Waals surface area (Å²) in [6.07, 6.45) is 0. The first-order chi connectivity index (χ1) is 17.7. The van der Waals surface area contributed by atoms with Crippen LogP contribution in [-0.4, -0.2) is 68.2 Å². The lowest BCUT2D eigenvalue weighted by atomic mass is 10.0. The number of rotatable bonds is 9. The lowest BCUT2D eigenvalue weighted by Crippen LogP contribution is -2.71. The minimum absolute atomic E-state index is 0.0417. The number of hydrogen-bond acceptors (Lipinski definition) is 11. The fourth-order valence-electron chi connectivity index (χ4n) is 3.55. The molecule has 3 heterocycles. The van der Waals surface area contributed by atoms with Gasteiger partial charge in [-0.15, -0.1) is 23.1 Å². The second kappa shape index (κ2) is 11.2. The zero-order valence-electron chi connectivity index (χ0n) is 19.2. The van der Waals surface area contributed by atoms with Gasteiger partial charge in [0.1, 0.15) is 36.0 Å². The average molecular weight is 566 g/mol. The van der Waals surface area contributed by atoms with Gasteiger partial charge in [-0.25, -0.2) is 9.78 Å². The predicted molar refractivity (Wildman–Crippen MR) is 136 cm³/mol. The molecule has 1 saturated heterocycles. The number of aliphatic carboxylic acids is 1. The predicted octanol–water partition coefficient (Wildman–Crippen LogP) is 1.60. The van der Waals surface area contributed by atoms with Crippen molar-refractivity contribution in [2.45, 2.75) is 24.9 Å². The molecule has 0 aliphatic carbocycles. The van der Waals surface area contributed by atoms with E-state index in [1.807, 2.05) is 0 Å². The highest BCUT2D eigenvalue weighted by molar-refractivity contribution is 8.00. The number of esters is 1. The van der Waals surface area contributed by atoms with E-state index in [-0.39, 0.29) is 46.8 Å². The summed E-state index contributed by atoms with van der Waals surface area (Å²) < 4.78 is 4.92. The summed E-state index contributed by atoms with van der Waals surface area (Å²) in [6.45, 7) is 0.999. The van der Waals surface area contributed by atoms with Gasteiger partial charge in [-0.05, 0) is 17.7 Å². The molecule has 12 nitrogen and oxygen atoms in total. The summed E-state index contributed by atoms with van der Waals surface area (Å²) in [5.74, 6) is -3.07. The van der Waals surface area contributed by atoms with E-state index in [1.165, 1.54) is 24.1 Å². The Labute approximate surface area is 223 Å². The van der Waals surface area contributed by atoms with E-state index in [2.05, 4.69) is 15.5 Å². The number of nitrogens with one attached hydrogen (secondary N) is 1. The number of anilines is 1. The van der Waals surface area contributed by atoms with Crippen molar-refractivity contribution in [1.82, 2.24) is 15.2 Å². The van der Waals surface area contributed by atoms with Crippen molar-refractivity contribution in [3.63, 3.8) is 0 Å². The molecule has 0 radical (unpaired) electrons. The third-order valence-corrected chi connectivity index (χ3v) is 7.53. The summed E-state index contributed by atoms with van der Waals surface area (Å²) in [7, 11) is 0. The number of thioether (sulfide) groups is 1. The van der Waals surface area contributed by atoms with E-state index in [4.69, 9.17) is 26.9 Å². The topological polar surface area (TPSA) is 174 Å². The molecule has 37 heavy (non-hydrogen) atoms. The Balaban J connectivity index is 1.49. The first-order valence-corrected chi connectivity index (χ1v) is 13.0. The number of ether oxygens (including phenoxy) is 1. The standard InChI is InChI=1S/C22H20ClN5O7S2/c1-10(29)34-7-12-8-36-20-16(19(31)28(20)17(12)21(32)33)26-18(30)15(14-9-37-22(24)25-14)27-35-6-11-2-4-13(23)5-3-11/h2-5,9,16,20H,6-8H2,1H3,(H2,24,25)(H,26,30)(H,32,33)/t16-,20-/m1/s1. The third kappa shape index (κ3) is 5.87. The number of thiazole rings is 1. The van der Waals surface area contributed by atoms with Crippen LogP contribution in [0, 0.1) is 0 Å². The van der Waals surface area contributed by atoms with E-state index in [9.17, 15) is 24.3 Å². The number of hydrogen-bond donors (Lipinski definition) is 3. The van der Waals surface area contributed by atoms with Crippen molar-refractivity contribution in [1.29, 1.82) is 0 Å². The number of oxime groups is 1. The van der Waals surface area contributed by atoms with E-state index in [1.54, 1.807) is 24.3 Å². The molecule has 0 spiro atoms. The molecule has 2 aliphatic rings. The van der Waals surface area contributed by atoms with Crippen LogP contribution in [0.25, 0.3) is 0 Å². The summed E-state index contributed by atoms with van der Waals surface area (Å²) in [5, 5.41) is 17.8. The molecule has 0 bridgehead atoms. The molecule has 194 valence electrons. The van der Waals surface area contributed by atoms with Gasteiger partial charge < -0.3 is 25.7 Å². The number of benzene rings is 1. The van der Waals surface area contributed by atoms with Crippen LogP contribution in [0.15, 0.2) is 46.1 Å². The van der Waals surface area contributed by atoms with Gasteiger partial charge in [0, 0.05) is 28.7 Å². The van der Waals surface area contributed by atoms with Gasteiger partial charge in [-0.3, -0.25) is 19.3 Å². The van der Waals surface area contributed by atoms with Gasteiger partial charge in [-0.1, -0.05) is 28.9 Å². The van der Waals surface area contributed by atoms with Crippen LogP contribution in [0.3, 0.4) is 0 Å². The van der Waals surface area contributed by atoms with Crippen molar-refractivity contribution in [3.05, 3.63) is 57.2 Å². The van der Waals surface area contributed by atoms with E-state index in [0.29, 0.717) is 5.02 Å². The molecule has 0 saturated carbocycles. The normalized spacial score (nSPS) is 19.1. The molecule has 2 amide bonds. The number of fused-ring (bicyclic) bond motifs is 1. The third-order valence-electron chi connectivity index (χ3n) is 5.27. The van der Waals surface area contributed by atoms with Crippen LogP contribution < -0.4 is 11.1 Å². The van der Waals surface area contributed by atoms with Gasteiger partial charge in [0.2, 0.25) is 0 Å². The van der Waals surface area contributed by atoms with Crippen LogP contribution in [0.1, 0.15) is 18.2 Å². The monoisotopic (exact) mass is 565 g/mol. The molecule has 2 aliphatic heterocycles. The maximum absolute atomic E-state index is 13.1. The highest BCUT2D eigenvalue weighted by atomic mass is 35.5. The highest BCUT2D eigenvalue weighted by Gasteiger charge is 2.54. The van der Waals surface area contributed by atoms with Crippen LogP contribution in [-0.2, 0) is 35.4 Å². The minimum atomic E-state index is -1.33. The van der Waals surface area contributed by atoms with Crippen molar-refractivity contribution in [2.24, 2.45) is 5.16 Å². The number of carboxylic acid groups (broad SMARTS) is 1. The molecule has 15 heteroatoms. The highest BCUT2D eigenvalue weighted by Crippen LogP contribution is 2.40. The number of carboxylic acids is 1. The summed E-state index contributed by atoms with van der Waals surface area (Å²) in [5.41, 5.74) is 6.46. The van der Waals surface area contributed by atoms with Gasteiger partial charge in [0.15, 0.2) is 10.8 Å². The quantitative estimate of drug-likeness (QED) is 0.175. The number of carbonyl (C=O) groups excluding carboxylic acids is 3. The molecule has 0 unspecified atom stereocenters. The molecule has 1 aromatic carbocycles. The summed E-state index contributed by atoms with van der Waals surface area (Å²) >= 11 is 8.22. The maximum Gasteiger partial charge on any atom is 0.352 e. The number of β-lactam (4-membered cyclic amide) rings is 1. The molecule has 1 aromatic heterocycles. The zero-order chi connectivity index (χ0) is 26.7. The van der Waals surface area contributed by atoms with Gasteiger partial charge in [0.25, 0.3) is 11.8 Å². The summed E-state index contributed by atoms with van der Waals surface area (Å²) in [4.78, 5) is 59.6. The van der Waals surface area contributed by atoms with Crippen LogP contribution >= 0.6 is 34.7 Å². The smallest absolute Gasteiger partial charge is 0.352 e. The number of nitrogens with zero attached hydrogens (tertiary/aromatic N) is 3. The van der Waals surface area contributed by atoms with Gasteiger partial charge in [-0.2, -0.15) is 0 Å². The average Bonchev–Trinajstić information content (AvgIpc) is 3.29. The molecule has 4 N–H and O–H groups in total. The largest absolute Gasteiger partial charge is 0.477 e. The number of nitrogen functional groups attached to an aromatic ring is 1. The molecule has 2 atom stereocenters. The van der Waals surface area contributed by atoms with Crippen molar-refractivity contribution >= 4 is 69.3 Å². The molecular weight excluding hydrogens is 546 g/mol. The molecule has 4 rings (SSSR count). The zero-order valence-corrected chi connectivity index (χ0v) is 21.6. The van der Waals surface area contributed by atoms with Gasteiger partial charge in [0.05, 0.1) is 0 Å². The number of amides is 2. The SMILES string of the molecule is CC(=O)OCC1=C(C(=O)O)N2C(=O)[C@@H](NC(=O)C(=NOCc3ccc(Cl)cc3)c3csc(N)n3)[C@H]2SC1. The summed E-state index contributed by atoms with van der Waals surface area (Å²) in [6, 6.07) is 5.84. The number of carbonyl (C=O) groups is 4. The Morgan fingerprint density at radius 1 is 1.30 bits per heavy atom. The Morgan fingerprint density at radius 2 is 2.03 bits per heavy atom. The van der Waals surface area contributed by atoms with Gasteiger partial charge >= 0.3 is 11.9 Å². The second-order valence-corrected chi connectivity index (χ2v) is 10.2. The number of aromatic nitrogens is 1. The Morgan fingerprint density at radius 3 is 2.65 bits per heavy atom. The van der Waals surface area contributed by atoms with Crippen LogP contribution in [0.2, 0.25) is 5.02 Å². The first kappa shape index (κ1) is 26.4. The van der Waals surface area contributed by atoms with E-state index < -0.39 is 35.2 Å². The Kier molecular flexibility index (Phi) is 8.00. The lowest BCUT2D eigenvalue weighted by Gasteiger charge is -2.49. The van der Waals surface area contributed by atoms with E-state index in [0.717, 1.165) is 21.8 Å². The van der Waals surface area contributed by atoms with E-state index >= 15 is 0 Å². The molecular formula is C22H20ClN5O7S2. The van der Waals surface area contributed by atoms with Crippen molar-refractivity contribution in [3.8, 4) is 0 Å². The van der Waals surface area contributed by atoms with Crippen molar-refractivity contribution in [2.75, 3.05) is 18.1 Å². The van der Waals surface area contributed by atoms with Crippen LogP contribution in [0.5, 0.6) is 0 Å². The van der Waals surface area contributed by atoms with Crippen LogP contribution in [0.4, 0.5) is 5.13 Å². The second-order valence-electron chi connectivity index (χ2n) is 7.81. The maximum atomic E-state index is 13.1. The Hall–Kier alpha value is -3.62. The molecule has 2 aromatic rings. The lowest BCUT2D eigenvalue weighted by molar-refractivity contribution is -0.150. The molecule has 1 fully saturated rings. The Bertz CT molecular complexity index is 1310. The number of nitrogens with two attached hydrogens (primary N) is 1. The fraction of sp³-hybridized carbons (Fsp3) is 0.273. The number of halogens is 1. The van der Waals surface area contributed by atoms with Crippen molar-refractivity contribution < 1.29 is 33.9 Å². The fourth-order valence-corrected chi connectivity index (χ4v) is 5.55. The first-order valence-electron chi connectivity index (χ1n) is 10.7. The minimum Gasteiger partial charge on any atom is -0.477 e.